The van der Waals surface area contributed by atoms with Crippen LogP contribution in [0.5, 0.6) is 0 Å². The van der Waals surface area contributed by atoms with E-state index < -0.39 is 29.2 Å². The topological polar surface area (TPSA) is 67.4 Å². The highest BCUT2D eigenvalue weighted by Gasteiger charge is 2.34. The van der Waals surface area contributed by atoms with Crippen molar-refractivity contribution in [3.63, 3.8) is 0 Å². The molecule has 0 aliphatic carbocycles. The third kappa shape index (κ3) is 4.84. The predicted molar refractivity (Wildman–Crippen MR) is 77.1 cm³/mol. The van der Waals surface area contributed by atoms with Crippen molar-refractivity contribution in [1.29, 1.82) is 0 Å². The number of carbonyl (C=O) groups is 2. The van der Waals surface area contributed by atoms with Crippen molar-refractivity contribution in [3.8, 4) is 0 Å². The van der Waals surface area contributed by atoms with E-state index in [4.69, 9.17) is 16.3 Å². The molecule has 126 valence electrons. The third-order valence-corrected chi connectivity index (χ3v) is 3.49. The zero-order chi connectivity index (χ0) is 17.0. The number of carbonyl (C=O) groups excluding carboxylic acids is 2. The molecule has 1 saturated heterocycles. The number of hydrogen-bond donors (Lipinski definition) is 2. The minimum absolute atomic E-state index is 0.127. The molecule has 5 nitrogen and oxygen atoms in total. The number of alkyl halides is 3. The number of amides is 2. The summed E-state index contributed by atoms with van der Waals surface area (Å²) in [7, 11) is 0. The molecule has 0 bridgehead atoms. The molecule has 0 aromatic heterocycles. The van der Waals surface area contributed by atoms with Gasteiger partial charge >= 0.3 is 18.0 Å². The van der Waals surface area contributed by atoms with Gasteiger partial charge in [-0.05, 0) is 31.0 Å². The first-order valence-corrected chi connectivity index (χ1v) is 7.22. The first-order chi connectivity index (χ1) is 10.8. The average Bonchev–Trinajstić information content (AvgIpc) is 2.98. The monoisotopic (exact) mass is 350 g/mol. The van der Waals surface area contributed by atoms with Crippen LogP contribution in [-0.4, -0.2) is 31.1 Å². The van der Waals surface area contributed by atoms with Gasteiger partial charge in [-0.25, -0.2) is 0 Å². The predicted octanol–water partition coefficient (Wildman–Crippen LogP) is 2.59. The van der Waals surface area contributed by atoms with Gasteiger partial charge in [-0.15, -0.1) is 0 Å². The number of anilines is 1. The van der Waals surface area contributed by atoms with E-state index in [0.29, 0.717) is 12.7 Å². The van der Waals surface area contributed by atoms with Crippen LogP contribution in [0.3, 0.4) is 0 Å². The molecule has 1 atom stereocenters. The quantitative estimate of drug-likeness (QED) is 0.823. The Labute approximate surface area is 135 Å². The maximum atomic E-state index is 12.9. The van der Waals surface area contributed by atoms with Crippen LogP contribution < -0.4 is 10.6 Å². The second-order valence-electron chi connectivity index (χ2n) is 4.99. The van der Waals surface area contributed by atoms with E-state index in [1.54, 1.807) is 0 Å². The Bertz CT molecular complexity index is 601. The Morgan fingerprint density at radius 3 is 2.65 bits per heavy atom. The van der Waals surface area contributed by atoms with Gasteiger partial charge < -0.3 is 15.4 Å². The molecular weight excluding hydrogens is 337 g/mol. The molecule has 9 heteroatoms. The summed E-state index contributed by atoms with van der Waals surface area (Å²) in [4.78, 5) is 23.4. The summed E-state index contributed by atoms with van der Waals surface area (Å²) < 4.78 is 44.0. The van der Waals surface area contributed by atoms with E-state index in [1.807, 2.05) is 5.32 Å². The van der Waals surface area contributed by atoms with Crippen molar-refractivity contribution >= 4 is 29.1 Å². The average molecular weight is 351 g/mol. The second kappa shape index (κ2) is 7.18. The van der Waals surface area contributed by atoms with E-state index >= 15 is 0 Å². The molecule has 1 aliphatic heterocycles. The Kier molecular flexibility index (Phi) is 5.48. The van der Waals surface area contributed by atoms with Gasteiger partial charge in [-0.3, -0.25) is 9.59 Å². The SMILES string of the molecule is O=C(NCC1CCCO1)C(=O)Nc1ccc(Cl)cc1C(F)(F)F. The molecule has 1 aromatic rings. The van der Waals surface area contributed by atoms with E-state index in [0.717, 1.165) is 18.9 Å². The molecule has 2 rings (SSSR count). The number of ether oxygens (including phenoxy) is 1. The number of hydrogen-bond acceptors (Lipinski definition) is 3. The van der Waals surface area contributed by atoms with Crippen LogP contribution in [-0.2, 0) is 20.5 Å². The zero-order valence-electron chi connectivity index (χ0n) is 11.9. The molecule has 1 aliphatic rings. The second-order valence-corrected chi connectivity index (χ2v) is 5.42. The fourth-order valence-electron chi connectivity index (χ4n) is 2.13. The van der Waals surface area contributed by atoms with Crippen LogP contribution in [0.2, 0.25) is 5.02 Å². The number of rotatable bonds is 3. The van der Waals surface area contributed by atoms with Gasteiger partial charge in [0.1, 0.15) is 0 Å². The van der Waals surface area contributed by atoms with Gasteiger partial charge in [0.2, 0.25) is 0 Å². The standard InChI is InChI=1S/C14H14ClF3N2O3/c15-8-3-4-11(10(6-8)14(16,17)18)20-13(22)12(21)19-7-9-2-1-5-23-9/h3-4,6,9H,1-2,5,7H2,(H,19,21)(H,20,22). The van der Waals surface area contributed by atoms with Gasteiger partial charge in [-0.1, -0.05) is 11.6 Å². The van der Waals surface area contributed by atoms with Crippen LogP contribution >= 0.6 is 11.6 Å². The Hall–Kier alpha value is -1.80. The lowest BCUT2D eigenvalue weighted by atomic mass is 10.1. The van der Waals surface area contributed by atoms with Crippen LogP contribution in [0.4, 0.5) is 18.9 Å². The van der Waals surface area contributed by atoms with Crippen molar-refractivity contribution < 1.29 is 27.5 Å². The van der Waals surface area contributed by atoms with Gasteiger partial charge in [0.15, 0.2) is 0 Å². The van der Waals surface area contributed by atoms with Crippen LogP contribution in [0.1, 0.15) is 18.4 Å². The molecule has 0 spiro atoms. The van der Waals surface area contributed by atoms with Crippen LogP contribution in [0, 0.1) is 0 Å². The molecule has 23 heavy (non-hydrogen) atoms. The summed E-state index contributed by atoms with van der Waals surface area (Å²) in [5.41, 5.74) is -1.65. The first kappa shape index (κ1) is 17.6. The maximum absolute atomic E-state index is 12.9. The Balaban J connectivity index is 2.00. The molecule has 1 heterocycles. The molecule has 1 aromatic carbocycles. The van der Waals surface area contributed by atoms with Crippen LogP contribution in [0.15, 0.2) is 18.2 Å². The smallest absolute Gasteiger partial charge is 0.376 e. The van der Waals surface area contributed by atoms with Crippen molar-refractivity contribution in [2.45, 2.75) is 25.1 Å². The summed E-state index contributed by atoms with van der Waals surface area (Å²) in [5, 5.41) is 4.15. The van der Waals surface area contributed by atoms with Gasteiger partial charge in [0.25, 0.3) is 0 Å². The lowest BCUT2D eigenvalue weighted by Gasteiger charge is -2.14. The van der Waals surface area contributed by atoms with Gasteiger partial charge in [0.05, 0.1) is 17.4 Å². The van der Waals surface area contributed by atoms with Crippen LogP contribution in [0.25, 0.3) is 0 Å². The number of benzene rings is 1. The maximum Gasteiger partial charge on any atom is 0.418 e. The molecule has 1 fully saturated rings. The minimum atomic E-state index is -4.71. The van der Waals surface area contributed by atoms with Crippen molar-refractivity contribution in [2.75, 3.05) is 18.5 Å². The van der Waals surface area contributed by atoms with Crippen molar-refractivity contribution in [3.05, 3.63) is 28.8 Å². The minimum Gasteiger partial charge on any atom is -0.376 e. The summed E-state index contributed by atoms with van der Waals surface area (Å²) in [5.74, 6) is -2.21. The van der Waals surface area contributed by atoms with Crippen molar-refractivity contribution in [2.24, 2.45) is 0 Å². The Morgan fingerprint density at radius 2 is 2.04 bits per heavy atom. The number of nitrogens with one attached hydrogen (secondary N) is 2. The Morgan fingerprint density at radius 1 is 1.30 bits per heavy atom. The first-order valence-electron chi connectivity index (χ1n) is 6.85. The van der Waals surface area contributed by atoms with E-state index in [2.05, 4.69) is 5.32 Å². The van der Waals surface area contributed by atoms with Gasteiger partial charge in [-0.2, -0.15) is 13.2 Å². The molecule has 0 radical (unpaired) electrons. The summed E-state index contributed by atoms with van der Waals surface area (Å²) >= 11 is 5.54. The molecular formula is C14H14ClF3N2O3. The molecule has 2 N–H and O–H groups in total. The summed E-state index contributed by atoms with van der Waals surface area (Å²) in [6, 6.07) is 2.87. The highest BCUT2D eigenvalue weighted by Crippen LogP contribution is 2.36. The van der Waals surface area contributed by atoms with Crippen molar-refractivity contribution in [1.82, 2.24) is 5.32 Å². The molecule has 1 unspecified atom stereocenters. The highest BCUT2D eigenvalue weighted by atomic mass is 35.5. The third-order valence-electron chi connectivity index (χ3n) is 3.26. The fraction of sp³-hybridized carbons (Fsp3) is 0.429. The fourth-order valence-corrected chi connectivity index (χ4v) is 2.30. The largest absolute Gasteiger partial charge is 0.418 e. The lowest BCUT2D eigenvalue weighted by molar-refractivity contribution is -0.138. The normalized spacial score (nSPS) is 17.8. The summed E-state index contributed by atoms with van der Waals surface area (Å²) in [6.45, 7) is 0.728. The zero-order valence-corrected chi connectivity index (χ0v) is 12.6. The van der Waals surface area contributed by atoms with E-state index in [-0.39, 0.29) is 17.7 Å². The van der Waals surface area contributed by atoms with E-state index in [9.17, 15) is 22.8 Å². The lowest BCUT2D eigenvalue weighted by Crippen LogP contribution is -2.39. The molecule has 2 amide bonds. The summed E-state index contributed by atoms with van der Waals surface area (Å²) in [6.07, 6.45) is -3.25. The van der Waals surface area contributed by atoms with E-state index in [1.165, 1.54) is 6.07 Å². The van der Waals surface area contributed by atoms with Gasteiger partial charge in [0, 0.05) is 18.2 Å². The number of halogens is 4. The molecule has 0 saturated carbocycles. The highest BCUT2D eigenvalue weighted by molar-refractivity contribution is 6.39.